The second-order valence-electron chi connectivity index (χ2n) is 7.28. The number of nitrogens with zero attached hydrogens (tertiary/aromatic N) is 2. The maximum atomic E-state index is 12.7. The molecule has 2 amide bonds. The number of methoxy groups -OCH3 is 1. The van der Waals surface area contributed by atoms with Crippen LogP contribution < -0.4 is 5.32 Å². The van der Waals surface area contributed by atoms with Crippen LogP contribution in [0.5, 0.6) is 0 Å². The third-order valence-corrected chi connectivity index (χ3v) is 5.50. The van der Waals surface area contributed by atoms with E-state index in [1.165, 1.54) is 19.1 Å². The predicted molar refractivity (Wildman–Crippen MR) is 125 cm³/mol. The lowest BCUT2D eigenvalue weighted by atomic mass is 10.1. The zero-order valence-corrected chi connectivity index (χ0v) is 19.0. The molecule has 1 heterocycles. The Morgan fingerprint density at radius 1 is 1.09 bits per heavy atom. The molecule has 0 aliphatic heterocycles. The molecule has 0 bridgehead atoms. The molecule has 0 fully saturated rings. The number of amides is 2. The number of rotatable bonds is 8. The molecule has 8 nitrogen and oxygen atoms in total. The Hall–Kier alpha value is -3.65. The molecule has 0 saturated heterocycles. The molecule has 9 heteroatoms. The number of esters is 1. The summed E-state index contributed by atoms with van der Waals surface area (Å²) in [5, 5.41) is 4.93. The van der Waals surface area contributed by atoms with Gasteiger partial charge in [-0.25, -0.2) is 14.6 Å². The summed E-state index contributed by atoms with van der Waals surface area (Å²) in [6, 6.07) is 15.4. The average molecular weight is 470 g/mol. The Kier molecular flexibility index (Phi) is 8.21. The predicted octanol–water partition coefficient (Wildman–Crippen LogP) is 4.07. The molecule has 33 heavy (non-hydrogen) atoms. The topological polar surface area (TPSA) is 97.8 Å². The molecule has 1 N–H and O–H groups in total. The smallest absolute Gasteiger partial charge is 0.412 e. The van der Waals surface area contributed by atoms with E-state index in [2.05, 4.69) is 10.3 Å². The number of hydrogen-bond acceptors (Lipinski definition) is 6. The number of carbonyl (C=O) groups excluding carboxylic acids is 3. The molecule has 1 atom stereocenters. The van der Waals surface area contributed by atoms with Gasteiger partial charge in [0.2, 0.25) is 5.91 Å². The molecule has 0 unspecified atom stereocenters. The van der Waals surface area contributed by atoms with Crippen LogP contribution in [0.25, 0.3) is 10.8 Å². The number of likely N-dealkylation sites (N-methyl/N-ethyl adjacent to an activating group) is 1. The second kappa shape index (κ2) is 11.3. The number of benzene rings is 2. The minimum Gasteiger partial charge on any atom is -0.467 e. The van der Waals surface area contributed by atoms with E-state index in [4.69, 9.17) is 21.1 Å². The molecule has 0 spiro atoms. The van der Waals surface area contributed by atoms with Crippen LogP contribution in [0, 0.1) is 0 Å². The van der Waals surface area contributed by atoms with Gasteiger partial charge in [0.1, 0.15) is 12.4 Å². The van der Waals surface area contributed by atoms with Crippen molar-refractivity contribution in [3.63, 3.8) is 0 Å². The van der Waals surface area contributed by atoms with E-state index >= 15 is 0 Å². The summed E-state index contributed by atoms with van der Waals surface area (Å²) in [6.07, 6.45) is 1.36. The summed E-state index contributed by atoms with van der Waals surface area (Å²) < 4.78 is 9.98. The summed E-state index contributed by atoms with van der Waals surface area (Å²) in [5.74, 6) is -0.705. The Morgan fingerprint density at radius 2 is 1.79 bits per heavy atom. The van der Waals surface area contributed by atoms with Gasteiger partial charge in [0.05, 0.1) is 7.11 Å². The number of aromatic nitrogens is 1. The van der Waals surface area contributed by atoms with Crippen molar-refractivity contribution in [2.75, 3.05) is 26.1 Å². The van der Waals surface area contributed by atoms with Gasteiger partial charge < -0.3 is 14.4 Å². The molecule has 2 aromatic carbocycles. The van der Waals surface area contributed by atoms with Crippen molar-refractivity contribution in [2.24, 2.45) is 0 Å². The van der Waals surface area contributed by atoms with Crippen LogP contribution in [0.15, 0.2) is 60.8 Å². The molecule has 3 rings (SSSR count). The minimum atomic E-state index is -1.09. The number of fused-ring (bicyclic) bond motifs is 1. The molecule has 172 valence electrons. The highest BCUT2D eigenvalue weighted by Crippen LogP contribution is 2.18. The second-order valence-corrected chi connectivity index (χ2v) is 7.68. The van der Waals surface area contributed by atoms with Gasteiger partial charge in [0, 0.05) is 30.1 Å². The van der Waals surface area contributed by atoms with Crippen molar-refractivity contribution in [3.05, 3.63) is 71.4 Å². The molecule has 0 aliphatic carbocycles. The van der Waals surface area contributed by atoms with E-state index in [9.17, 15) is 14.4 Å². The van der Waals surface area contributed by atoms with Crippen LogP contribution >= 0.6 is 11.6 Å². The first-order valence-electron chi connectivity index (χ1n) is 10.2. The molecule has 0 saturated carbocycles. The summed E-state index contributed by atoms with van der Waals surface area (Å²) in [6.45, 7) is -0.375. The summed E-state index contributed by atoms with van der Waals surface area (Å²) in [4.78, 5) is 42.5. The van der Waals surface area contributed by atoms with Crippen LogP contribution in [0.4, 0.5) is 10.6 Å². The van der Waals surface area contributed by atoms with Gasteiger partial charge in [0.15, 0.2) is 6.04 Å². The molecule has 1 aromatic heterocycles. The van der Waals surface area contributed by atoms with E-state index in [-0.39, 0.29) is 18.9 Å². The Balaban J connectivity index is 1.58. The average Bonchev–Trinajstić information content (AvgIpc) is 2.83. The van der Waals surface area contributed by atoms with Crippen molar-refractivity contribution in [1.82, 2.24) is 9.88 Å². The van der Waals surface area contributed by atoms with E-state index in [0.29, 0.717) is 17.3 Å². The Labute approximate surface area is 196 Å². The van der Waals surface area contributed by atoms with Gasteiger partial charge in [-0.2, -0.15) is 0 Å². The van der Waals surface area contributed by atoms with E-state index in [1.54, 1.807) is 18.3 Å². The van der Waals surface area contributed by atoms with Crippen molar-refractivity contribution < 1.29 is 23.9 Å². The lowest BCUT2D eigenvalue weighted by molar-refractivity contribution is -0.153. The zero-order chi connectivity index (χ0) is 23.8. The zero-order valence-electron chi connectivity index (χ0n) is 18.3. The number of halogens is 1. The van der Waals surface area contributed by atoms with Crippen LogP contribution in [-0.2, 0) is 25.5 Å². The van der Waals surface area contributed by atoms with E-state index in [0.717, 1.165) is 16.3 Å². The molecular formula is C24H24ClN3O5. The van der Waals surface area contributed by atoms with E-state index in [1.807, 2.05) is 42.5 Å². The van der Waals surface area contributed by atoms with Gasteiger partial charge in [0.25, 0.3) is 0 Å². The number of aryl methyl sites for hydroxylation is 1. The number of pyridine rings is 1. The number of carbonyl (C=O) groups is 3. The third kappa shape index (κ3) is 6.43. The Bertz CT molecular complexity index is 1150. The van der Waals surface area contributed by atoms with Crippen LogP contribution in [-0.4, -0.2) is 54.7 Å². The van der Waals surface area contributed by atoms with Crippen molar-refractivity contribution in [3.8, 4) is 0 Å². The fourth-order valence-electron chi connectivity index (χ4n) is 3.21. The molecule has 0 radical (unpaired) electrons. The van der Waals surface area contributed by atoms with Crippen LogP contribution in [0.2, 0.25) is 5.02 Å². The number of ether oxygens (including phenoxy) is 2. The lowest BCUT2D eigenvalue weighted by Gasteiger charge is -2.26. The minimum absolute atomic E-state index is 0.126. The van der Waals surface area contributed by atoms with Gasteiger partial charge in [-0.3, -0.25) is 10.1 Å². The van der Waals surface area contributed by atoms with Gasteiger partial charge >= 0.3 is 12.1 Å². The quantitative estimate of drug-likeness (QED) is 0.499. The van der Waals surface area contributed by atoms with Crippen molar-refractivity contribution >= 4 is 46.2 Å². The van der Waals surface area contributed by atoms with Gasteiger partial charge in [-0.05, 0) is 29.5 Å². The number of anilines is 1. The summed E-state index contributed by atoms with van der Waals surface area (Å²) >= 11 is 6.14. The highest BCUT2D eigenvalue weighted by atomic mass is 35.5. The SMILES string of the molecule is COC(=O)[C@@H](COC(=O)Nc1cc2ccccc2cn1)N(C)C(=O)CCc1ccccc1Cl. The summed E-state index contributed by atoms with van der Waals surface area (Å²) in [5.41, 5.74) is 0.828. The largest absolute Gasteiger partial charge is 0.467 e. The molecule has 3 aromatic rings. The lowest BCUT2D eigenvalue weighted by Crippen LogP contribution is -2.46. The first kappa shape index (κ1) is 24.0. The van der Waals surface area contributed by atoms with Crippen LogP contribution in [0.1, 0.15) is 12.0 Å². The monoisotopic (exact) mass is 469 g/mol. The summed E-state index contributed by atoms with van der Waals surface area (Å²) in [7, 11) is 2.67. The fraction of sp³-hybridized carbons (Fsp3) is 0.250. The number of hydrogen-bond donors (Lipinski definition) is 1. The molecule has 0 aliphatic rings. The fourth-order valence-corrected chi connectivity index (χ4v) is 3.44. The maximum Gasteiger partial charge on any atom is 0.412 e. The van der Waals surface area contributed by atoms with Gasteiger partial charge in [-0.1, -0.05) is 54.1 Å². The maximum absolute atomic E-state index is 12.7. The van der Waals surface area contributed by atoms with Crippen LogP contribution in [0.3, 0.4) is 0 Å². The third-order valence-electron chi connectivity index (χ3n) is 5.13. The van der Waals surface area contributed by atoms with E-state index < -0.39 is 18.1 Å². The molecular weight excluding hydrogens is 446 g/mol. The standard InChI is InChI=1S/C24H24ClN3O5/c1-28(22(29)12-11-16-7-5-6-10-19(16)25)20(23(30)32-2)15-33-24(31)27-21-13-17-8-3-4-9-18(17)14-26-21/h3-10,13-14,20H,11-12,15H2,1-2H3,(H,26,27,31)/t20-/m1/s1. The first-order valence-corrected chi connectivity index (χ1v) is 10.6. The highest BCUT2D eigenvalue weighted by Gasteiger charge is 2.29. The van der Waals surface area contributed by atoms with Crippen molar-refractivity contribution in [1.29, 1.82) is 0 Å². The normalized spacial score (nSPS) is 11.5. The van der Waals surface area contributed by atoms with Gasteiger partial charge in [-0.15, -0.1) is 0 Å². The number of nitrogens with one attached hydrogen (secondary N) is 1. The van der Waals surface area contributed by atoms with Crippen molar-refractivity contribution in [2.45, 2.75) is 18.9 Å². The Morgan fingerprint density at radius 3 is 2.52 bits per heavy atom. The first-order chi connectivity index (χ1) is 15.9. The highest BCUT2D eigenvalue weighted by molar-refractivity contribution is 6.31.